The molecule has 4 rings (SSSR count). The lowest BCUT2D eigenvalue weighted by molar-refractivity contribution is 0.0446. The van der Waals surface area contributed by atoms with Crippen LogP contribution in [0.5, 0.6) is 5.75 Å². The van der Waals surface area contributed by atoms with Gasteiger partial charge in [-0.15, -0.1) is 5.92 Å². The Kier molecular flexibility index (Phi) is 8.04. The average molecular weight is 508 g/mol. The van der Waals surface area contributed by atoms with E-state index in [1.54, 1.807) is 43.2 Å². The number of aromatic nitrogens is 1. The summed E-state index contributed by atoms with van der Waals surface area (Å²) in [6.45, 7) is 8.00. The van der Waals surface area contributed by atoms with Gasteiger partial charge in [0, 0.05) is 37.8 Å². The number of aliphatic imine (C=N–C) groups is 1. The summed E-state index contributed by atoms with van der Waals surface area (Å²) in [6.07, 6.45) is -0.0422. The van der Waals surface area contributed by atoms with Crippen LogP contribution in [0.15, 0.2) is 35.3 Å². The number of carbonyl (C=O) groups excluding carboxylic acids is 2. The SMILES string of the molecule is CC#CCn1c(N2CCN(C(=O)OC(C)C)CC2)cc2c1C(O)N(CC(=O)c1cccc(OC)c1)C=N2. The maximum Gasteiger partial charge on any atom is 0.410 e. The maximum atomic E-state index is 13.0. The molecule has 37 heavy (non-hydrogen) atoms. The number of fused-ring (bicyclic) bond motifs is 1. The fourth-order valence-electron chi connectivity index (χ4n) is 4.43. The average Bonchev–Trinajstić information content (AvgIpc) is 3.27. The van der Waals surface area contributed by atoms with Gasteiger partial charge in [-0.2, -0.15) is 0 Å². The number of nitrogens with zero attached hydrogens (tertiary/aromatic N) is 5. The van der Waals surface area contributed by atoms with Crippen molar-refractivity contribution in [1.82, 2.24) is 14.4 Å². The standard InChI is InChI=1S/C27H33N5O5/c1-5-6-10-32-24(29-11-13-30(14-12-29)27(35)37-19(2)3)16-22-25(32)26(34)31(18-28-22)17-23(33)20-8-7-9-21(15-20)36-4/h7-9,15-16,18-19,26,34H,10-14,17H2,1-4H3. The number of ketones is 1. The monoisotopic (exact) mass is 507 g/mol. The molecule has 1 amide bonds. The molecule has 0 spiro atoms. The Labute approximate surface area is 217 Å². The van der Waals surface area contributed by atoms with E-state index in [0.717, 1.165) is 5.82 Å². The summed E-state index contributed by atoms with van der Waals surface area (Å²) in [6, 6.07) is 8.85. The quantitative estimate of drug-likeness (QED) is 0.454. The van der Waals surface area contributed by atoms with E-state index in [9.17, 15) is 14.7 Å². The number of amides is 1. The highest BCUT2D eigenvalue weighted by Gasteiger charge is 2.32. The first-order chi connectivity index (χ1) is 17.8. The van der Waals surface area contributed by atoms with Crippen LogP contribution in [0.4, 0.5) is 16.3 Å². The first kappa shape index (κ1) is 26.1. The highest BCUT2D eigenvalue weighted by molar-refractivity contribution is 5.99. The van der Waals surface area contributed by atoms with Gasteiger partial charge in [0.2, 0.25) is 0 Å². The number of aliphatic hydroxyl groups excluding tert-OH is 1. The number of benzene rings is 1. The number of hydrogen-bond acceptors (Lipinski definition) is 8. The zero-order valence-corrected chi connectivity index (χ0v) is 21.7. The van der Waals surface area contributed by atoms with Crippen LogP contribution >= 0.6 is 0 Å². The van der Waals surface area contributed by atoms with Crippen LogP contribution < -0.4 is 9.64 Å². The molecule has 2 aliphatic heterocycles. The fraction of sp³-hybridized carbons (Fsp3) is 0.444. The molecule has 10 nitrogen and oxygen atoms in total. The van der Waals surface area contributed by atoms with Crippen LogP contribution in [-0.4, -0.2) is 83.6 Å². The summed E-state index contributed by atoms with van der Waals surface area (Å²) >= 11 is 0. The fourth-order valence-corrected chi connectivity index (χ4v) is 4.43. The number of rotatable bonds is 7. The van der Waals surface area contributed by atoms with Crippen LogP contribution in [0.1, 0.15) is 43.1 Å². The van der Waals surface area contributed by atoms with Crippen molar-refractivity contribution in [2.24, 2.45) is 4.99 Å². The first-order valence-electron chi connectivity index (χ1n) is 12.3. The molecule has 196 valence electrons. The third-order valence-electron chi connectivity index (χ3n) is 6.33. The molecule has 1 aromatic heterocycles. The Morgan fingerprint density at radius 3 is 2.62 bits per heavy atom. The Balaban J connectivity index is 1.53. The third-order valence-corrected chi connectivity index (χ3v) is 6.33. The minimum Gasteiger partial charge on any atom is -0.497 e. The van der Waals surface area contributed by atoms with Crippen molar-refractivity contribution in [2.75, 3.05) is 44.7 Å². The van der Waals surface area contributed by atoms with Gasteiger partial charge in [-0.05, 0) is 32.9 Å². The van der Waals surface area contributed by atoms with Crippen LogP contribution in [0.25, 0.3) is 0 Å². The molecule has 0 saturated carbocycles. The van der Waals surface area contributed by atoms with Gasteiger partial charge in [-0.1, -0.05) is 18.1 Å². The van der Waals surface area contributed by atoms with Gasteiger partial charge >= 0.3 is 6.09 Å². The Morgan fingerprint density at radius 2 is 1.95 bits per heavy atom. The minimum absolute atomic E-state index is 0.0477. The summed E-state index contributed by atoms with van der Waals surface area (Å²) in [5, 5.41) is 11.3. The summed E-state index contributed by atoms with van der Waals surface area (Å²) in [7, 11) is 1.55. The molecule has 0 aliphatic carbocycles. The molecule has 1 atom stereocenters. The second-order valence-corrected chi connectivity index (χ2v) is 9.14. The van der Waals surface area contributed by atoms with Crippen molar-refractivity contribution in [3.63, 3.8) is 0 Å². The topological polar surface area (TPSA) is 99.8 Å². The molecular weight excluding hydrogens is 474 g/mol. The van der Waals surface area contributed by atoms with Gasteiger partial charge in [-0.3, -0.25) is 4.79 Å². The highest BCUT2D eigenvalue weighted by atomic mass is 16.6. The molecule has 0 bridgehead atoms. The molecule has 1 fully saturated rings. The van der Waals surface area contributed by atoms with E-state index in [4.69, 9.17) is 9.47 Å². The van der Waals surface area contributed by atoms with Crippen molar-refractivity contribution < 1.29 is 24.2 Å². The second kappa shape index (κ2) is 11.4. The van der Waals surface area contributed by atoms with Crippen LogP contribution in [-0.2, 0) is 11.3 Å². The number of piperazine rings is 1. The van der Waals surface area contributed by atoms with Gasteiger partial charge in [0.15, 0.2) is 12.0 Å². The molecular formula is C27H33N5O5. The summed E-state index contributed by atoms with van der Waals surface area (Å²) < 4.78 is 12.5. The predicted molar refractivity (Wildman–Crippen MR) is 140 cm³/mol. The lowest BCUT2D eigenvalue weighted by Gasteiger charge is -2.36. The molecule has 1 saturated heterocycles. The van der Waals surface area contributed by atoms with Crippen molar-refractivity contribution in [3.05, 3.63) is 41.6 Å². The number of carbonyl (C=O) groups is 2. The van der Waals surface area contributed by atoms with E-state index in [1.807, 2.05) is 24.5 Å². The third kappa shape index (κ3) is 5.73. The van der Waals surface area contributed by atoms with Gasteiger partial charge in [-0.25, -0.2) is 9.79 Å². The Hall–Kier alpha value is -3.97. The number of hydrogen-bond donors (Lipinski definition) is 1. The lowest BCUT2D eigenvalue weighted by Crippen LogP contribution is -2.49. The zero-order valence-electron chi connectivity index (χ0n) is 21.7. The Morgan fingerprint density at radius 1 is 1.19 bits per heavy atom. The van der Waals surface area contributed by atoms with Crippen molar-refractivity contribution in [1.29, 1.82) is 0 Å². The molecule has 1 aromatic carbocycles. The van der Waals surface area contributed by atoms with E-state index < -0.39 is 6.23 Å². The number of methoxy groups -OCH3 is 1. The van der Waals surface area contributed by atoms with Gasteiger partial charge < -0.3 is 33.8 Å². The molecule has 2 aromatic rings. The molecule has 1 N–H and O–H groups in total. The first-order valence-corrected chi connectivity index (χ1v) is 12.3. The van der Waals surface area contributed by atoms with Gasteiger partial charge in [0.05, 0.1) is 44.0 Å². The van der Waals surface area contributed by atoms with E-state index in [2.05, 4.69) is 21.7 Å². The van der Waals surface area contributed by atoms with E-state index in [0.29, 0.717) is 55.4 Å². The second-order valence-electron chi connectivity index (χ2n) is 9.14. The van der Waals surface area contributed by atoms with Crippen molar-refractivity contribution in [2.45, 2.75) is 39.6 Å². The van der Waals surface area contributed by atoms with Crippen LogP contribution in [0.2, 0.25) is 0 Å². The van der Waals surface area contributed by atoms with E-state index >= 15 is 0 Å². The van der Waals surface area contributed by atoms with E-state index in [-0.39, 0.29) is 24.5 Å². The van der Waals surface area contributed by atoms with Crippen LogP contribution in [0, 0.1) is 11.8 Å². The molecule has 10 heteroatoms. The molecule has 1 unspecified atom stereocenters. The highest BCUT2D eigenvalue weighted by Crippen LogP contribution is 2.38. The summed E-state index contributed by atoms with van der Waals surface area (Å²) in [5.41, 5.74) is 1.71. The summed E-state index contributed by atoms with van der Waals surface area (Å²) in [5.74, 6) is 7.29. The largest absolute Gasteiger partial charge is 0.497 e. The van der Waals surface area contributed by atoms with Gasteiger partial charge in [0.25, 0.3) is 0 Å². The number of ether oxygens (including phenoxy) is 2. The number of aliphatic hydroxyl groups is 1. The Bertz CT molecular complexity index is 1230. The van der Waals surface area contributed by atoms with Crippen LogP contribution in [0.3, 0.4) is 0 Å². The molecule has 2 aliphatic rings. The smallest absolute Gasteiger partial charge is 0.410 e. The molecule has 0 radical (unpaired) electrons. The summed E-state index contributed by atoms with van der Waals surface area (Å²) in [4.78, 5) is 35.2. The van der Waals surface area contributed by atoms with Gasteiger partial charge in [0.1, 0.15) is 11.6 Å². The lowest BCUT2D eigenvalue weighted by atomic mass is 10.1. The number of Topliss-reactive ketones (excluding diaryl/α,β-unsaturated/α-hetero) is 1. The predicted octanol–water partition coefficient (Wildman–Crippen LogP) is 3.04. The minimum atomic E-state index is -1.07. The zero-order chi connectivity index (χ0) is 26.5. The molecule has 3 heterocycles. The maximum absolute atomic E-state index is 13.0. The normalized spacial score (nSPS) is 16.8. The van der Waals surface area contributed by atoms with Crippen molar-refractivity contribution >= 4 is 29.7 Å². The van der Waals surface area contributed by atoms with E-state index in [1.165, 1.54) is 11.2 Å². The van der Waals surface area contributed by atoms with Crippen molar-refractivity contribution in [3.8, 4) is 17.6 Å². The number of anilines is 1.